The van der Waals surface area contributed by atoms with E-state index in [1.807, 2.05) is 49.4 Å². The molecule has 0 radical (unpaired) electrons. The zero-order valence-corrected chi connectivity index (χ0v) is 11.0. The molecule has 0 bridgehead atoms. The second-order valence-corrected chi connectivity index (χ2v) is 4.51. The van der Waals surface area contributed by atoms with E-state index in [0.29, 0.717) is 17.5 Å². The van der Waals surface area contributed by atoms with E-state index in [-0.39, 0.29) is 6.08 Å². The Morgan fingerprint density at radius 1 is 1.10 bits per heavy atom. The molecule has 0 fully saturated rings. The van der Waals surface area contributed by atoms with E-state index in [1.54, 1.807) is 6.07 Å². The Morgan fingerprint density at radius 2 is 1.90 bits per heavy atom. The molecule has 4 heteroatoms. The molecular formula is C16H13NO3. The summed E-state index contributed by atoms with van der Waals surface area (Å²) in [6.45, 7) is 2.17. The summed E-state index contributed by atoms with van der Waals surface area (Å²) in [5.74, 6) is 0. The van der Waals surface area contributed by atoms with Gasteiger partial charge >= 0.3 is 11.7 Å². The van der Waals surface area contributed by atoms with E-state index in [2.05, 4.69) is 4.98 Å². The monoisotopic (exact) mass is 267 g/mol. The van der Waals surface area contributed by atoms with Gasteiger partial charge in [0.1, 0.15) is 6.61 Å². The van der Waals surface area contributed by atoms with Crippen LogP contribution in [0, 0.1) is 6.92 Å². The number of ether oxygens (including phenoxy) is 1. The highest BCUT2D eigenvalue weighted by atomic mass is 16.6. The first-order valence-corrected chi connectivity index (χ1v) is 6.31. The van der Waals surface area contributed by atoms with Crippen molar-refractivity contribution >= 4 is 10.9 Å². The molecule has 0 aliphatic rings. The minimum atomic E-state index is -0.420. The zero-order valence-electron chi connectivity index (χ0n) is 11.0. The summed E-state index contributed by atoms with van der Waals surface area (Å²) in [5, 5.41) is 0.500. The maximum absolute atomic E-state index is 11.9. The molecule has 1 heterocycles. The van der Waals surface area contributed by atoms with Crippen molar-refractivity contribution in [2.45, 2.75) is 13.5 Å². The minimum Gasteiger partial charge on any atom is -0.445 e. The zero-order chi connectivity index (χ0) is 13.9. The highest BCUT2D eigenvalue weighted by molar-refractivity contribution is 5.80. The number of aromatic nitrogens is 1. The number of fused-ring (bicyclic) bond motifs is 1. The van der Waals surface area contributed by atoms with Crippen molar-refractivity contribution in [3.05, 3.63) is 70.1 Å². The average Bonchev–Trinajstić information content (AvgIpc) is 2.46. The second-order valence-electron chi connectivity index (χ2n) is 4.51. The lowest BCUT2D eigenvalue weighted by atomic mass is 10.1. The van der Waals surface area contributed by atoms with Crippen LogP contribution in [-0.4, -0.2) is 4.98 Å². The van der Waals surface area contributed by atoms with Crippen molar-refractivity contribution < 1.29 is 9.15 Å². The van der Waals surface area contributed by atoms with Crippen molar-refractivity contribution in [1.82, 2.24) is 4.98 Å². The van der Waals surface area contributed by atoms with Gasteiger partial charge in [0, 0.05) is 0 Å². The Bertz CT molecular complexity index is 794. The minimum absolute atomic E-state index is 0.00282. The molecule has 0 aliphatic heterocycles. The Hall–Kier alpha value is -2.62. The first kappa shape index (κ1) is 12.4. The fraction of sp³-hybridized carbons (Fsp3) is 0.125. The summed E-state index contributed by atoms with van der Waals surface area (Å²) >= 11 is 0. The molecule has 0 saturated heterocycles. The van der Waals surface area contributed by atoms with Gasteiger partial charge in [-0.05, 0) is 24.1 Å². The number of rotatable bonds is 3. The first-order valence-electron chi connectivity index (χ1n) is 6.31. The fourth-order valence-electron chi connectivity index (χ4n) is 2.04. The van der Waals surface area contributed by atoms with E-state index in [4.69, 9.17) is 9.15 Å². The summed E-state index contributed by atoms with van der Waals surface area (Å²) in [5.41, 5.74) is 2.00. The van der Waals surface area contributed by atoms with E-state index in [0.717, 1.165) is 11.1 Å². The van der Waals surface area contributed by atoms with Crippen molar-refractivity contribution in [1.29, 1.82) is 0 Å². The molecule has 3 rings (SSSR count). The van der Waals surface area contributed by atoms with Crippen molar-refractivity contribution in [2.24, 2.45) is 0 Å². The third-order valence-electron chi connectivity index (χ3n) is 3.05. The van der Waals surface area contributed by atoms with Gasteiger partial charge in [-0.2, -0.15) is 4.98 Å². The standard InChI is InChI=1S/C16H13NO3/c1-11-6-5-9-13-14(11)15(18)20-16(17-13)19-10-12-7-3-2-4-8-12/h2-9H,10H2,1H3. The lowest BCUT2D eigenvalue weighted by Gasteiger charge is -2.05. The third kappa shape index (κ3) is 2.40. The van der Waals surface area contributed by atoms with Gasteiger partial charge in [0.15, 0.2) is 0 Å². The summed E-state index contributed by atoms with van der Waals surface area (Å²) in [6.07, 6.45) is -0.00282. The first-order chi connectivity index (χ1) is 9.74. The van der Waals surface area contributed by atoms with Crippen LogP contribution >= 0.6 is 0 Å². The van der Waals surface area contributed by atoms with E-state index in [1.165, 1.54) is 0 Å². The molecule has 0 N–H and O–H groups in total. The lowest BCUT2D eigenvalue weighted by Crippen LogP contribution is -2.06. The molecule has 0 saturated carbocycles. The Labute approximate surface area is 115 Å². The Kier molecular flexibility index (Phi) is 3.21. The fourth-order valence-corrected chi connectivity index (χ4v) is 2.04. The van der Waals surface area contributed by atoms with Crippen LogP contribution in [0.4, 0.5) is 0 Å². The molecule has 0 unspecified atom stereocenters. The van der Waals surface area contributed by atoms with E-state index < -0.39 is 5.63 Å². The van der Waals surface area contributed by atoms with Gasteiger partial charge in [0.25, 0.3) is 0 Å². The molecule has 100 valence electrons. The molecular weight excluding hydrogens is 254 g/mol. The number of benzene rings is 2. The number of hydrogen-bond acceptors (Lipinski definition) is 4. The van der Waals surface area contributed by atoms with Gasteiger partial charge in [-0.1, -0.05) is 42.5 Å². The van der Waals surface area contributed by atoms with Crippen LogP contribution in [0.5, 0.6) is 6.08 Å². The predicted molar refractivity (Wildman–Crippen MR) is 75.8 cm³/mol. The average molecular weight is 267 g/mol. The number of nitrogens with zero attached hydrogens (tertiary/aromatic N) is 1. The summed E-state index contributed by atoms with van der Waals surface area (Å²) in [4.78, 5) is 16.2. The van der Waals surface area contributed by atoms with Crippen LogP contribution in [0.1, 0.15) is 11.1 Å². The Balaban J connectivity index is 1.92. The van der Waals surface area contributed by atoms with Gasteiger partial charge in [0.05, 0.1) is 10.9 Å². The lowest BCUT2D eigenvalue weighted by molar-refractivity contribution is 0.207. The second kappa shape index (κ2) is 5.17. The van der Waals surface area contributed by atoms with Crippen LogP contribution in [0.3, 0.4) is 0 Å². The normalized spacial score (nSPS) is 10.7. The van der Waals surface area contributed by atoms with Crippen LogP contribution in [0.25, 0.3) is 10.9 Å². The SMILES string of the molecule is Cc1cccc2nc(OCc3ccccc3)oc(=O)c12. The van der Waals surface area contributed by atoms with Gasteiger partial charge in [-0.25, -0.2) is 4.79 Å². The smallest absolute Gasteiger partial charge is 0.397 e. The molecule has 3 aromatic rings. The quantitative estimate of drug-likeness (QED) is 0.731. The maximum Gasteiger partial charge on any atom is 0.397 e. The molecule has 0 spiro atoms. The molecule has 0 amide bonds. The predicted octanol–water partition coefficient (Wildman–Crippen LogP) is 3.08. The molecule has 2 aromatic carbocycles. The number of aryl methyl sites for hydroxylation is 1. The molecule has 4 nitrogen and oxygen atoms in total. The van der Waals surface area contributed by atoms with Crippen LogP contribution in [-0.2, 0) is 6.61 Å². The van der Waals surface area contributed by atoms with E-state index in [9.17, 15) is 4.79 Å². The highest BCUT2D eigenvalue weighted by Gasteiger charge is 2.09. The van der Waals surface area contributed by atoms with E-state index >= 15 is 0 Å². The Morgan fingerprint density at radius 3 is 2.70 bits per heavy atom. The summed E-state index contributed by atoms with van der Waals surface area (Å²) in [6, 6.07) is 15.1. The summed E-state index contributed by atoms with van der Waals surface area (Å²) < 4.78 is 10.5. The number of hydrogen-bond donors (Lipinski definition) is 0. The van der Waals surface area contributed by atoms with Crippen LogP contribution < -0.4 is 10.4 Å². The molecule has 20 heavy (non-hydrogen) atoms. The topological polar surface area (TPSA) is 52.3 Å². The van der Waals surface area contributed by atoms with Crippen molar-refractivity contribution in [3.8, 4) is 6.08 Å². The van der Waals surface area contributed by atoms with Gasteiger partial charge in [0.2, 0.25) is 0 Å². The largest absolute Gasteiger partial charge is 0.445 e. The van der Waals surface area contributed by atoms with Crippen molar-refractivity contribution in [3.63, 3.8) is 0 Å². The third-order valence-corrected chi connectivity index (χ3v) is 3.05. The summed E-state index contributed by atoms with van der Waals surface area (Å²) in [7, 11) is 0. The highest BCUT2D eigenvalue weighted by Crippen LogP contribution is 2.16. The van der Waals surface area contributed by atoms with Crippen molar-refractivity contribution in [2.75, 3.05) is 0 Å². The van der Waals surface area contributed by atoms with Crippen LogP contribution in [0.2, 0.25) is 0 Å². The molecule has 0 atom stereocenters. The van der Waals surface area contributed by atoms with Gasteiger partial charge in [-0.3, -0.25) is 0 Å². The van der Waals surface area contributed by atoms with Gasteiger partial charge < -0.3 is 9.15 Å². The van der Waals surface area contributed by atoms with Gasteiger partial charge in [-0.15, -0.1) is 0 Å². The van der Waals surface area contributed by atoms with Crippen LogP contribution in [0.15, 0.2) is 57.7 Å². The molecule has 1 aromatic heterocycles. The maximum atomic E-state index is 11.9. The molecule has 0 aliphatic carbocycles.